The van der Waals surface area contributed by atoms with Gasteiger partial charge < -0.3 is 0 Å². The van der Waals surface area contributed by atoms with E-state index in [0.717, 1.165) is 0 Å². The first kappa shape index (κ1) is 11.9. The molecule has 0 saturated heterocycles. The maximum absolute atomic E-state index is 11.1. The monoisotopic (exact) mass is 270 g/mol. The lowest BCUT2D eigenvalue weighted by atomic mass is 10.1. The Labute approximate surface area is 111 Å². The molecule has 0 amide bonds. The van der Waals surface area contributed by atoms with Crippen LogP contribution >= 0.6 is 0 Å². The van der Waals surface area contributed by atoms with Crippen molar-refractivity contribution in [3.8, 4) is 0 Å². The molecule has 8 heteroatoms. The zero-order valence-electron chi connectivity index (χ0n) is 9.89. The van der Waals surface area contributed by atoms with Crippen LogP contribution in [0.3, 0.4) is 0 Å². The van der Waals surface area contributed by atoms with Gasteiger partial charge in [0.15, 0.2) is 0 Å². The number of nitro groups is 2. The van der Waals surface area contributed by atoms with Crippen molar-refractivity contribution in [1.29, 1.82) is 0 Å². The molecule has 0 N–H and O–H groups in total. The minimum Gasteiger partial charge on any atom is -0.258 e. The van der Waals surface area contributed by atoms with Gasteiger partial charge in [-0.15, -0.1) is 10.2 Å². The van der Waals surface area contributed by atoms with E-state index in [4.69, 9.17) is 0 Å². The highest BCUT2D eigenvalue weighted by atomic mass is 16.6. The van der Waals surface area contributed by atoms with Gasteiger partial charge in [-0.05, 0) is 12.1 Å². The molecule has 0 aliphatic heterocycles. The summed E-state index contributed by atoms with van der Waals surface area (Å²) in [4.78, 5) is 21.1. The third-order valence-corrected chi connectivity index (χ3v) is 2.95. The fraction of sp³-hybridized carbons (Fsp3) is 0. The second-order valence-corrected chi connectivity index (χ2v) is 4.06. The van der Waals surface area contributed by atoms with E-state index in [2.05, 4.69) is 10.2 Å². The topological polar surface area (TPSA) is 112 Å². The van der Waals surface area contributed by atoms with E-state index in [1.807, 2.05) is 0 Å². The third kappa shape index (κ3) is 1.62. The average molecular weight is 270 g/mol. The molecule has 98 valence electrons. The van der Waals surface area contributed by atoms with Gasteiger partial charge in [-0.2, -0.15) is 0 Å². The number of non-ortho nitro benzene ring substituents is 2. The van der Waals surface area contributed by atoms with E-state index >= 15 is 0 Å². The van der Waals surface area contributed by atoms with Crippen molar-refractivity contribution in [2.75, 3.05) is 0 Å². The standard InChI is InChI=1S/C12H6N4O4/c17-15(18)9-5-1-3-7-11(9)12-8(14-13-7)4-2-6-10(12)16(19)20/h1-6H. The van der Waals surface area contributed by atoms with E-state index in [1.165, 1.54) is 36.4 Å². The van der Waals surface area contributed by atoms with Crippen LogP contribution in [0.1, 0.15) is 0 Å². The van der Waals surface area contributed by atoms with Crippen LogP contribution in [0.15, 0.2) is 36.4 Å². The first-order valence-electron chi connectivity index (χ1n) is 5.56. The predicted octanol–water partition coefficient (Wildman–Crippen LogP) is 2.60. The second-order valence-electron chi connectivity index (χ2n) is 4.06. The first-order valence-corrected chi connectivity index (χ1v) is 5.56. The summed E-state index contributed by atoms with van der Waals surface area (Å²) in [5.41, 5.74) is 0.0513. The van der Waals surface area contributed by atoms with E-state index in [0.29, 0.717) is 0 Å². The summed E-state index contributed by atoms with van der Waals surface area (Å²) in [6.07, 6.45) is 0. The normalized spacial score (nSPS) is 10.8. The molecule has 0 bridgehead atoms. The van der Waals surface area contributed by atoms with E-state index in [9.17, 15) is 20.2 Å². The Balaban J connectivity index is 2.63. The molecule has 0 radical (unpaired) electrons. The number of nitrogens with zero attached hydrogens (tertiary/aromatic N) is 4. The quantitative estimate of drug-likeness (QED) is 0.402. The van der Waals surface area contributed by atoms with Crippen molar-refractivity contribution >= 4 is 33.2 Å². The Bertz CT molecular complexity index is 805. The van der Waals surface area contributed by atoms with Crippen molar-refractivity contribution in [2.45, 2.75) is 0 Å². The molecule has 2 aromatic carbocycles. The molecular formula is C12H6N4O4. The predicted molar refractivity (Wildman–Crippen MR) is 70.4 cm³/mol. The Morgan fingerprint density at radius 1 is 0.750 bits per heavy atom. The number of hydrogen-bond donors (Lipinski definition) is 0. The summed E-state index contributed by atoms with van der Waals surface area (Å²) in [5.74, 6) is 0. The molecule has 3 aromatic rings. The van der Waals surface area contributed by atoms with Crippen LogP contribution in [0.2, 0.25) is 0 Å². The van der Waals surface area contributed by atoms with Crippen LogP contribution in [0.4, 0.5) is 11.4 Å². The Morgan fingerprint density at radius 3 is 1.50 bits per heavy atom. The molecule has 0 unspecified atom stereocenters. The van der Waals surface area contributed by atoms with Crippen LogP contribution in [0.25, 0.3) is 21.8 Å². The first-order chi connectivity index (χ1) is 9.59. The van der Waals surface area contributed by atoms with Crippen LogP contribution in [0.5, 0.6) is 0 Å². The van der Waals surface area contributed by atoms with Crippen molar-refractivity contribution in [3.63, 3.8) is 0 Å². The van der Waals surface area contributed by atoms with Gasteiger partial charge in [-0.25, -0.2) is 0 Å². The van der Waals surface area contributed by atoms with Crippen molar-refractivity contribution in [3.05, 3.63) is 56.6 Å². The van der Waals surface area contributed by atoms with E-state index < -0.39 is 9.85 Å². The Hall–Kier alpha value is -3.16. The Morgan fingerprint density at radius 2 is 1.15 bits per heavy atom. The molecule has 0 saturated carbocycles. The van der Waals surface area contributed by atoms with Gasteiger partial charge in [0.1, 0.15) is 11.0 Å². The van der Waals surface area contributed by atoms with Crippen LogP contribution in [-0.4, -0.2) is 20.0 Å². The number of hydrogen-bond acceptors (Lipinski definition) is 6. The molecule has 0 aliphatic rings. The summed E-state index contributed by atoms with van der Waals surface area (Å²) >= 11 is 0. The number of benzene rings is 2. The zero-order valence-corrected chi connectivity index (χ0v) is 9.89. The van der Waals surface area contributed by atoms with Crippen molar-refractivity contribution < 1.29 is 9.85 Å². The summed E-state index contributed by atoms with van der Waals surface area (Å²) in [6.45, 7) is 0. The smallest absolute Gasteiger partial charge is 0.258 e. The van der Waals surface area contributed by atoms with Gasteiger partial charge in [0.2, 0.25) is 0 Å². The molecule has 1 heterocycles. The van der Waals surface area contributed by atoms with Crippen molar-refractivity contribution in [1.82, 2.24) is 10.2 Å². The maximum Gasteiger partial charge on any atom is 0.279 e. The highest BCUT2D eigenvalue weighted by Gasteiger charge is 2.22. The van der Waals surface area contributed by atoms with Crippen LogP contribution in [0, 0.1) is 20.2 Å². The van der Waals surface area contributed by atoms with E-state index in [1.54, 1.807) is 0 Å². The minimum absolute atomic E-state index is 0.134. The highest BCUT2D eigenvalue weighted by Crippen LogP contribution is 2.35. The van der Waals surface area contributed by atoms with Crippen molar-refractivity contribution in [2.24, 2.45) is 0 Å². The second kappa shape index (κ2) is 4.19. The van der Waals surface area contributed by atoms with Gasteiger partial charge in [0.25, 0.3) is 11.4 Å². The molecule has 0 atom stereocenters. The zero-order chi connectivity index (χ0) is 14.3. The fourth-order valence-electron chi connectivity index (χ4n) is 2.15. The number of nitro benzene ring substituents is 2. The SMILES string of the molecule is O=[N+]([O-])c1cccc2nnc3cccc([N+](=O)[O-])c3c12. The van der Waals surface area contributed by atoms with Gasteiger partial charge in [0, 0.05) is 12.1 Å². The van der Waals surface area contributed by atoms with Gasteiger partial charge in [-0.3, -0.25) is 20.2 Å². The number of rotatable bonds is 2. The summed E-state index contributed by atoms with van der Waals surface area (Å²) in [6, 6.07) is 8.59. The molecular weight excluding hydrogens is 264 g/mol. The lowest BCUT2D eigenvalue weighted by Gasteiger charge is -2.03. The molecule has 20 heavy (non-hydrogen) atoms. The van der Waals surface area contributed by atoms with Gasteiger partial charge >= 0.3 is 0 Å². The summed E-state index contributed by atoms with van der Waals surface area (Å²) < 4.78 is 0. The molecule has 0 aliphatic carbocycles. The fourth-order valence-corrected chi connectivity index (χ4v) is 2.15. The van der Waals surface area contributed by atoms with Gasteiger partial charge in [0.05, 0.1) is 20.6 Å². The van der Waals surface area contributed by atoms with Gasteiger partial charge in [-0.1, -0.05) is 12.1 Å². The molecule has 0 spiro atoms. The van der Waals surface area contributed by atoms with Crippen LogP contribution in [-0.2, 0) is 0 Å². The van der Waals surface area contributed by atoms with Crippen LogP contribution < -0.4 is 0 Å². The lowest BCUT2D eigenvalue weighted by molar-refractivity contribution is -0.384. The number of fused-ring (bicyclic) bond motifs is 3. The third-order valence-electron chi connectivity index (χ3n) is 2.95. The largest absolute Gasteiger partial charge is 0.279 e. The molecule has 0 fully saturated rings. The molecule has 3 rings (SSSR count). The average Bonchev–Trinajstić information content (AvgIpc) is 2.45. The number of aromatic nitrogens is 2. The lowest BCUT2D eigenvalue weighted by Crippen LogP contribution is -1.97. The summed E-state index contributed by atoms with van der Waals surface area (Å²) in [7, 11) is 0. The molecule has 8 nitrogen and oxygen atoms in total. The highest BCUT2D eigenvalue weighted by molar-refractivity contribution is 6.12. The van der Waals surface area contributed by atoms with E-state index in [-0.39, 0.29) is 33.2 Å². The molecule has 1 aromatic heterocycles. The minimum atomic E-state index is -0.583. The maximum atomic E-state index is 11.1. The Kier molecular flexibility index (Phi) is 2.50. The summed E-state index contributed by atoms with van der Waals surface area (Å²) in [5, 5.41) is 30.3.